The van der Waals surface area contributed by atoms with Crippen LogP contribution in [0.3, 0.4) is 0 Å². The highest BCUT2D eigenvalue weighted by molar-refractivity contribution is 5.16. The highest BCUT2D eigenvalue weighted by Crippen LogP contribution is 2.40. The lowest BCUT2D eigenvalue weighted by Gasteiger charge is -2.39. The van der Waals surface area contributed by atoms with Crippen LogP contribution in [0.25, 0.3) is 0 Å². The van der Waals surface area contributed by atoms with Crippen LogP contribution in [0.2, 0.25) is 0 Å². The predicted octanol–water partition coefficient (Wildman–Crippen LogP) is 4.30. The third-order valence-electron chi connectivity index (χ3n) is 3.06. The standard InChI is InChI=1S/C14H22/c1-13(2,3)14(4,5)11-12-9-7-6-8-10-12/h6-10H,11H2,1-5H3/i4D3/t14-/m0/s1. The predicted molar refractivity (Wildman–Crippen MR) is 63.4 cm³/mol. The van der Waals surface area contributed by atoms with Gasteiger partial charge in [0.05, 0.1) is 0 Å². The van der Waals surface area contributed by atoms with E-state index in [-0.39, 0.29) is 5.41 Å². The summed E-state index contributed by atoms with van der Waals surface area (Å²) in [6.45, 7) is 5.92. The molecule has 1 aromatic carbocycles. The SMILES string of the molecule is [2H]C([2H])([2H])[C@](C)(Cc1ccccc1)C(C)(C)C. The lowest BCUT2D eigenvalue weighted by Crippen LogP contribution is -2.31. The van der Waals surface area contributed by atoms with Gasteiger partial charge in [-0.05, 0) is 22.8 Å². The summed E-state index contributed by atoms with van der Waals surface area (Å²) in [5.41, 5.74) is 0.0937. The quantitative estimate of drug-likeness (QED) is 0.657. The first-order valence-electron chi connectivity index (χ1n) is 6.62. The Bertz CT molecular complexity index is 343. The van der Waals surface area contributed by atoms with Crippen LogP contribution in [-0.2, 0) is 6.42 Å². The maximum absolute atomic E-state index is 7.82. The largest absolute Gasteiger partial charge is 0.0622 e. The molecular formula is C14H22. The van der Waals surface area contributed by atoms with Crippen molar-refractivity contribution in [1.29, 1.82) is 0 Å². The molecule has 0 heteroatoms. The molecule has 0 aliphatic heterocycles. The summed E-state index contributed by atoms with van der Waals surface area (Å²) in [7, 11) is 0. The molecule has 0 nitrogen and oxygen atoms in total. The average molecular weight is 193 g/mol. The van der Waals surface area contributed by atoms with Crippen LogP contribution in [0, 0.1) is 10.8 Å². The molecule has 1 rings (SSSR count). The molecule has 0 fully saturated rings. The van der Waals surface area contributed by atoms with Gasteiger partial charge in [0, 0.05) is 4.11 Å². The van der Waals surface area contributed by atoms with Crippen molar-refractivity contribution in [3.05, 3.63) is 35.9 Å². The molecule has 0 amide bonds. The fourth-order valence-corrected chi connectivity index (χ4v) is 1.27. The van der Waals surface area contributed by atoms with Crippen LogP contribution < -0.4 is 0 Å². The Labute approximate surface area is 92.6 Å². The van der Waals surface area contributed by atoms with Gasteiger partial charge in [0.2, 0.25) is 0 Å². The van der Waals surface area contributed by atoms with E-state index in [1.807, 2.05) is 58.0 Å². The minimum Gasteiger partial charge on any atom is -0.0622 e. The first kappa shape index (κ1) is 7.50. The molecule has 0 bridgehead atoms. The van der Waals surface area contributed by atoms with E-state index in [1.165, 1.54) is 0 Å². The second kappa shape index (κ2) is 3.76. The van der Waals surface area contributed by atoms with Gasteiger partial charge in [0.15, 0.2) is 0 Å². The summed E-state index contributed by atoms with van der Waals surface area (Å²) in [6.07, 6.45) is 0.577. The summed E-state index contributed by atoms with van der Waals surface area (Å²) in [4.78, 5) is 0. The minimum atomic E-state index is -1.96. The zero-order valence-electron chi connectivity index (χ0n) is 12.6. The zero-order chi connectivity index (χ0) is 13.3. The number of hydrogen-bond donors (Lipinski definition) is 0. The van der Waals surface area contributed by atoms with Crippen molar-refractivity contribution in [3.63, 3.8) is 0 Å². The third-order valence-corrected chi connectivity index (χ3v) is 3.06. The highest BCUT2D eigenvalue weighted by Gasteiger charge is 2.32. The molecule has 1 atom stereocenters. The van der Waals surface area contributed by atoms with Crippen molar-refractivity contribution in [2.45, 2.75) is 41.0 Å². The van der Waals surface area contributed by atoms with E-state index in [0.29, 0.717) is 6.42 Å². The molecular weight excluding hydrogens is 168 g/mol. The molecule has 0 N–H and O–H groups in total. The molecule has 0 heterocycles. The molecule has 0 saturated heterocycles. The molecule has 78 valence electrons. The second-order valence-electron chi connectivity index (χ2n) is 5.24. The van der Waals surface area contributed by atoms with E-state index < -0.39 is 12.3 Å². The van der Waals surface area contributed by atoms with Gasteiger partial charge >= 0.3 is 0 Å². The van der Waals surface area contributed by atoms with Gasteiger partial charge < -0.3 is 0 Å². The number of benzene rings is 1. The Morgan fingerprint density at radius 1 is 1.07 bits per heavy atom. The highest BCUT2D eigenvalue weighted by atomic mass is 14.4. The van der Waals surface area contributed by atoms with Gasteiger partial charge in [-0.1, -0.05) is 64.9 Å². The maximum atomic E-state index is 7.82. The first-order valence-corrected chi connectivity index (χ1v) is 5.12. The third kappa shape index (κ3) is 2.60. The van der Waals surface area contributed by atoms with Gasteiger partial charge in [0.25, 0.3) is 0 Å². The van der Waals surface area contributed by atoms with Crippen molar-refractivity contribution in [1.82, 2.24) is 0 Å². The maximum Gasteiger partial charge on any atom is 0.0236 e. The lowest BCUT2D eigenvalue weighted by atomic mass is 9.66. The van der Waals surface area contributed by atoms with Gasteiger partial charge in [-0.15, -0.1) is 0 Å². The van der Waals surface area contributed by atoms with Crippen molar-refractivity contribution in [3.8, 4) is 0 Å². The summed E-state index contributed by atoms with van der Waals surface area (Å²) in [5, 5.41) is 0. The minimum absolute atomic E-state index is 0.270. The molecule has 0 aromatic heterocycles. The Morgan fingerprint density at radius 3 is 2.07 bits per heavy atom. The van der Waals surface area contributed by atoms with E-state index in [9.17, 15) is 0 Å². The van der Waals surface area contributed by atoms with Crippen LogP contribution >= 0.6 is 0 Å². The number of hydrogen-bond acceptors (Lipinski definition) is 0. The molecule has 0 unspecified atom stereocenters. The Morgan fingerprint density at radius 2 is 1.64 bits per heavy atom. The van der Waals surface area contributed by atoms with Crippen molar-refractivity contribution in [2.24, 2.45) is 10.8 Å². The molecule has 0 aliphatic rings. The smallest absolute Gasteiger partial charge is 0.0236 e. The molecule has 1 aromatic rings. The van der Waals surface area contributed by atoms with E-state index in [0.717, 1.165) is 5.56 Å². The van der Waals surface area contributed by atoms with Crippen molar-refractivity contribution in [2.75, 3.05) is 0 Å². The van der Waals surface area contributed by atoms with E-state index in [4.69, 9.17) is 4.11 Å². The summed E-state index contributed by atoms with van der Waals surface area (Å²) in [6, 6.07) is 9.86. The van der Waals surface area contributed by atoms with Gasteiger partial charge in [-0.2, -0.15) is 0 Å². The van der Waals surface area contributed by atoms with E-state index in [2.05, 4.69) is 0 Å². The molecule has 0 spiro atoms. The van der Waals surface area contributed by atoms with Crippen LogP contribution in [0.5, 0.6) is 0 Å². The van der Waals surface area contributed by atoms with Crippen molar-refractivity contribution >= 4 is 0 Å². The van der Waals surface area contributed by atoms with Gasteiger partial charge in [0.1, 0.15) is 0 Å². The van der Waals surface area contributed by atoms with Crippen LogP contribution in [0.1, 0.15) is 44.2 Å². The van der Waals surface area contributed by atoms with Crippen LogP contribution in [-0.4, -0.2) is 0 Å². The molecule has 0 aliphatic carbocycles. The van der Waals surface area contributed by atoms with E-state index in [1.54, 1.807) is 0 Å². The Kier molecular flexibility index (Phi) is 2.02. The summed E-state index contributed by atoms with van der Waals surface area (Å²) >= 11 is 0. The van der Waals surface area contributed by atoms with Gasteiger partial charge in [-0.3, -0.25) is 0 Å². The number of rotatable bonds is 2. The summed E-state index contributed by atoms with van der Waals surface area (Å²) in [5.74, 6) is 0. The monoisotopic (exact) mass is 193 g/mol. The first-order chi connectivity index (χ1) is 7.58. The average Bonchev–Trinajstić information content (AvgIpc) is 2.15. The second-order valence-corrected chi connectivity index (χ2v) is 5.24. The Balaban J connectivity index is 3.11. The molecule has 0 radical (unpaired) electrons. The van der Waals surface area contributed by atoms with Gasteiger partial charge in [-0.25, -0.2) is 0 Å². The summed E-state index contributed by atoms with van der Waals surface area (Å²) < 4.78 is 23.5. The fourth-order valence-electron chi connectivity index (χ4n) is 1.27. The normalized spacial score (nSPS) is 20.4. The Hall–Kier alpha value is -0.780. The molecule has 0 saturated carbocycles. The van der Waals surface area contributed by atoms with E-state index >= 15 is 0 Å². The van der Waals surface area contributed by atoms with Crippen LogP contribution in [0.4, 0.5) is 0 Å². The zero-order valence-corrected chi connectivity index (χ0v) is 9.59. The fraction of sp³-hybridized carbons (Fsp3) is 0.571. The lowest BCUT2D eigenvalue weighted by molar-refractivity contribution is 0.132. The van der Waals surface area contributed by atoms with Crippen molar-refractivity contribution < 1.29 is 4.11 Å². The van der Waals surface area contributed by atoms with Crippen LogP contribution in [0.15, 0.2) is 30.3 Å². The molecule has 14 heavy (non-hydrogen) atoms. The topological polar surface area (TPSA) is 0 Å².